The van der Waals surface area contributed by atoms with E-state index >= 15 is 0 Å². The van der Waals surface area contributed by atoms with Crippen molar-refractivity contribution in [3.63, 3.8) is 0 Å². The van der Waals surface area contributed by atoms with Crippen molar-refractivity contribution in [2.45, 2.75) is 20.0 Å². The number of hydrogen-bond acceptors (Lipinski definition) is 3. The van der Waals surface area contributed by atoms with Crippen LogP contribution in [0.4, 0.5) is 5.69 Å². The zero-order valence-electron chi connectivity index (χ0n) is 13.7. The predicted molar refractivity (Wildman–Crippen MR) is 98.8 cm³/mol. The number of carbonyl (C=O) groups is 1. The molecule has 0 bridgehead atoms. The van der Waals surface area contributed by atoms with E-state index in [1.54, 1.807) is 0 Å². The van der Waals surface area contributed by atoms with Gasteiger partial charge >= 0.3 is 0 Å². The van der Waals surface area contributed by atoms with E-state index in [0.29, 0.717) is 6.61 Å². The second-order valence-electron chi connectivity index (χ2n) is 5.92. The molecule has 1 fully saturated rings. The molecular formula is C19H23ClN2O2. The van der Waals surface area contributed by atoms with Crippen LogP contribution < -0.4 is 15.4 Å². The molecule has 0 aromatic heterocycles. The van der Waals surface area contributed by atoms with Crippen molar-refractivity contribution in [1.82, 2.24) is 5.32 Å². The lowest BCUT2D eigenvalue weighted by molar-refractivity contribution is -0.119. The maximum atomic E-state index is 12.2. The van der Waals surface area contributed by atoms with E-state index in [1.807, 2.05) is 36.4 Å². The number of aryl methyl sites for hydroxylation is 1. The molecule has 1 unspecified atom stereocenters. The first-order valence-electron chi connectivity index (χ1n) is 8.01. The molecule has 24 heavy (non-hydrogen) atoms. The molecule has 1 aliphatic rings. The molecule has 3 rings (SSSR count). The molecule has 2 N–H and O–H groups in total. The first kappa shape index (κ1) is 18.3. The van der Waals surface area contributed by atoms with Gasteiger partial charge in [0.1, 0.15) is 12.4 Å². The summed E-state index contributed by atoms with van der Waals surface area (Å²) in [7, 11) is 0. The van der Waals surface area contributed by atoms with Gasteiger partial charge in [0.05, 0.1) is 5.92 Å². The highest BCUT2D eigenvalue weighted by molar-refractivity contribution is 5.93. The monoisotopic (exact) mass is 346 g/mol. The molecule has 0 saturated carbocycles. The highest BCUT2D eigenvalue weighted by Gasteiger charge is 2.22. The number of rotatable bonds is 5. The van der Waals surface area contributed by atoms with Crippen LogP contribution in [0.25, 0.3) is 0 Å². The maximum absolute atomic E-state index is 12.2. The molecule has 5 heteroatoms. The Kier molecular flexibility index (Phi) is 6.64. The van der Waals surface area contributed by atoms with E-state index in [1.165, 1.54) is 11.1 Å². The third kappa shape index (κ3) is 4.73. The largest absolute Gasteiger partial charge is 0.489 e. The van der Waals surface area contributed by atoms with Crippen molar-refractivity contribution < 1.29 is 9.53 Å². The predicted octanol–water partition coefficient (Wildman–Crippen LogP) is 3.54. The van der Waals surface area contributed by atoms with Gasteiger partial charge in [0.25, 0.3) is 0 Å². The third-order valence-corrected chi connectivity index (χ3v) is 4.19. The van der Waals surface area contributed by atoms with Gasteiger partial charge in [0, 0.05) is 18.3 Å². The van der Waals surface area contributed by atoms with Crippen molar-refractivity contribution in [2.75, 3.05) is 18.4 Å². The number of hydrogen-bond donors (Lipinski definition) is 2. The molecule has 2 aromatic carbocycles. The standard InChI is InChI=1S/C19H22N2O2.ClH/c1-14-5-2-3-6-16(14)13-23-18-8-4-7-17(11-18)21-19(22)15-9-10-20-12-15;/h2-8,11,15,20H,9-10,12-13H2,1H3,(H,21,22);1H. The number of ether oxygens (including phenoxy) is 1. The van der Waals surface area contributed by atoms with E-state index in [-0.39, 0.29) is 24.2 Å². The molecule has 4 nitrogen and oxygen atoms in total. The van der Waals surface area contributed by atoms with Gasteiger partial charge in [0.2, 0.25) is 5.91 Å². The van der Waals surface area contributed by atoms with Gasteiger partial charge in [-0.1, -0.05) is 30.3 Å². The summed E-state index contributed by atoms with van der Waals surface area (Å²) in [5.41, 5.74) is 3.16. The van der Waals surface area contributed by atoms with Gasteiger partial charge in [-0.15, -0.1) is 12.4 Å². The number of halogens is 1. The zero-order valence-corrected chi connectivity index (χ0v) is 14.6. The molecule has 128 valence electrons. The minimum absolute atomic E-state index is 0. The number of nitrogens with one attached hydrogen (secondary N) is 2. The Labute approximate surface area is 149 Å². The van der Waals surface area contributed by atoms with Crippen LogP contribution in [0.5, 0.6) is 5.75 Å². The van der Waals surface area contributed by atoms with E-state index in [4.69, 9.17) is 4.74 Å². The van der Waals surface area contributed by atoms with Crippen LogP contribution in [-0.4, -0.2) is 19.0 Å². The summed E-state index contributed by atoms with van der Waals surface area (Å²) in [6.07, 6.45) is 0.898. The lowest BCUT2D eigenvalue weighted by atomic mass is 10.1. The number of amides is 1. The Morgan fingerprint density at radius 2 is 2.08 bits per heavy atom. The smallest absolute Gasteiger partial charge is 0.228 e. The maximum Gasteiger partial charge on any atom is 0.228 e. The van der Waals surface area contributed by atoms with Crippen LogP contribution in [0.3, 0.4) is 0 Å². The number of carbonyl (C=O) groups excluding carboxylic acids is 1. The summed E-state index contributed by atoms with van der Waals surface area (Å²) in [6.45, 7) is 4.27. The highest BCUT2D eigenvalue weighted by atomic mass is 35.5. The minimum atomic E-state index is 0. The fraction of sp³-hybridized carbons (Fsp3) is 0.316. The van der Waals surface area contributed by atoms with Crippen LogP contribution in [0.15, 0.2) is 48.5 Å². The zero-order chi connectivity index (χ0) is 16.1. The lowest BCUT2D eigenvalue weighted by Crippen LogP contribution is -2.24. The molecule has 1 atom stereocenters. The second kappa shape index (κ2) is 8.71. The fourth-order valence-electron chi connectivity index (χ4n) is 2.72. The van der Waals surface area contributed by atoms with Gasteiger partial charge in [-0.25, -0.2) is 0 Å². The molecule has 0 radical (unpaired) electrons. The van der Waals surface area contributed by atoms with Gasteiger partial charge in [-0.05, 0) is 43.1 Å². The molecule has 1 aliphatic heterocycles. The molecule has 1 saturated heterocycles. The first-order valence-corrected chi connectivity index (χ1v) is 8.01. The van der Waals surface area contributed by atoms with Crippen molar-refractivity contribution in [3.8, 4) is 5.75 Å². The summed E-state index contributed by atoms with van der Waals surface area (Å²) in [5, 5.41) is 6.18. The average molecular weight is 347 g/mol. The molecule has 0 spiro atoms. The quantitative estimate of drug-likeness (QED) is 0.870. The molecule has 1 heterocycles. The van der Waals surface area contributed by atoms with Crippen molar-refractivity contribution >= 4 is 24.0 Å². The van der Waals surface area contributed by atoms with E-state index in [2.05, 4.69) is 29.7 Å². The topological polar surface area (TPSA) is 50.4 Å². The van der Waals surface area contributed by atoms with Gasteiger partial charge in [-0.3, -0.25) is 4.79 Å². The SMILES string of the molecule is Cc1ccccc1COc1cccc(NC(=O)C2CCNC2)c1.Cl. The Hall–Kier alpha value is -2.04. The molecular weight excluding hydrogens is 324 g/mol. The van der Waals surface area contributed by atoms with Crippen molar-refractivity contribution in [1.29, 1.82) is 0 Å². The van der Waals surface area contributed by atoms with Crippen LogP contribution in [-0.2, 0) is 11.4 Å². The van der Waals surface area contributed by atoms with Gasteiger partial charge in [-0.2, -0.15) is 0 Å². The van der Waals surface area contributed by atoms with Gasteiger partial charge < -0.3 is 15.4 Å². The Morgan fingerprint density at radius 3 is 2.83 bits per heavy atom. The van der Waals surface area contributed by atoms with E-state index in [0.717, 1.165) is 30.9 Å². The minimum Gasteiger partial charge on any atom is -0.489 e. The Bertz CT molecular complexity index is 685. The van der Waals surface area contributed by atoms with E-state index in [9.17, 15) is 4.79 Å². The molecule has 1 amide bonds. The Balaban J connectivity index is 0.00000208. The Morgan fingerprint density at radius 1 is 1.25 bits per heavy atom. The normalized spacial score (nSPS) is 16.3. The summed E-state index contributed by atoms with van der Waals surface area (Å²) in [5.74, 6) is 0.896. The summed E-state index contributed by atoms with van der Waals surface area (Å²) in [4.78, 5) is 12.2. The molecule has 0 aliphatic carbocycles. The average Bonchev–Trinajstić information content (AvgIpc) is 3.09. The lowest BCUT2D eigenvalue weighted by Gasteiger charge is -2.12. The van der Waals surface area contributed by atoms with Crippen molar-refractivity contribution in [2.24, 2.45) is 5.92 Å². The number of benzene rings is 2. The van der Waals surface area contributed by atoms with E-state index < -0.39 is 0 Å². The molecule has 2 aromatic rings. The fourth-order valence-corrected chi connectivity index (χ4v) is 2.72. The number of anilines is 1. The van der Waals surface area contributed by atoms with Crippen molar-refractivity contribution in [3.05, 3.63) is 59.7 Å². The third-order valence-electron chi connectivity index (χ3n) is 4.19. The van der Waals surface area contributed by atoms with Crippen LogP contribution in [0.2, 0.25) is 0 Å². The first-order chi connectivity index (χ1) is 11.2. The summed E-state index contributed by atoms with van der Waals surface area (Å²) < 4.78 is 5.86. The van der Waals surface area contributed by atoms with Crippen LogP contribution in [0.1, 0.15) is 17.5 Å². The highest BCUT2D eigenvalue weighted by Crippen LogP contribution is 2.20. The van der Waals surface area contributed by atoms with Crippen LogP contribution in [0, 0.1) is 12.8 Å². The summed E-state index contributed by atoms with van der Waals surface area (Å²) >= 11 is 0. The van der Waals surface area contributed by atoms with Crippen LogP contribution >= 0.6 is 12.4 Å². The summed E-state index contributed by atoms with van der Waals surface area (Å²) in [6, 6.07) is 15.7. The van der Waals surface area contributed by atoms with Gasteiger partial charge in [0.15, 0.2) is 0 Å². The second-order valence-corrected chi connectivity index (χ2v) is 5.92.